The number of ether oxygens (including phenoxy) is 1. The molecule has 4 heteroatoms. The topological polar surface area (TPSA) is 41.6 Å². The summed E-state index contributed by atoms with van der Waals surface area (Å²) >= 11 is 0. The van der Waals surface area contributed by atoms with Crippen LogP contribution in [0.1, 0.15) is 72.6 Å². The first-order valence-electron chi connectivity index (χ1n) is 9.10. The Balaban J connectivity index is 1.84. The molecule has 128 valence electrons. The van der Waals surface area contributed by atoms with Gasteiger partial charge in [0.05, 0.1) is 0 Å². The summed E-state index contributed by atoms with van der Waals surface area (Å²) < 4.78 is 5.54. The SMILES string of the molecule is CC1CCCCCC1NCC1CCCN1C(=O)OC(C)(C)C. The van der Waals surface area contributed by atoms with E-state index in [0.29, 0.717) is 12.1 Å². The molecule has 1 aliphatic carbocycles. The summed E-state index contributed by atoms with van der Waals surface area (Å²) in [6, 6.07) is 0.911. The molecule has 0 bridgehead atoms. The maximum absolute atomic E-state index is 12.3. The van der Waals surface area contributed by atoms with Gasteiger partial charge in [0.15, 0.2) is 0 Å². The van der Waals surface area contributed by atoms with Crippen LogP contribution in [0.4, 0.5) is 4.79 Å². The molecule has 2 rings (SSSR count). The highest BCUT2D eigenvalue weighted by Gasteiger charge is 2.32. The van der Waals surface area contributed by atoms with Gasteiger partial charge in [0.1, 0.15) is 5.60 Å². The zero-order chi connectivity index (χ0) is 16.2. The Kier molecular flexibility index (Phi) is 6.13. The van der Waals surface area contributed by atoms with Crippen molar-refractivity contribution >= 4 is 6.09 Å². The molecular formula is C18H34N2O2. The molecule has 3 unspecified atom stereocenters. The van der Waals surface area contributed by atoms with Crippen LogP contribution in [0.25, 0.3) is 0 Å². The fourth-order valence-electron chi connectivity index (χ4n) is 3.69. The minimum absolute atomic E-state index is 0.147. The lowest BCUT2D eigenvalue weighted by Crippen LogP contribution is -2.47. The number of likely N-dealkylation sites (tertiary alicyclic amines) is 1. The second-order valence-corrected chi connectivity index (χ2v) is 8.10. The standard InChI is InChI=1S/C18H34N2O2/c1-14-9-6-5-7-11-16(14)19-13-15-10-8-12-20(15)17(21)22-18(2,3)4/h14-16,19H,5-13H2,1-4H3. The van der Waals surface area contributed by atoms with E-state index in [9.17, 15) is 4.79 Å². The van der Waals surface area contributed by atoms with Crippen LogP contribution in [0.3, 0.4) is 0 Å². The molecule has 1 saturated heterocycles. The summed E-state index contributed by atoms with van der Waals surface area (Å²) in [7, 11) is 0. The molecule has 1 N–H and O–H groups in total. The predicted octanol–water partition coefficient (Wildman–Crippen LogP) is 3.94. The van der Waals surface area contributed by atoms with Gasteiger partial charge in [-0.05, 0) is 52.4 Å². The molecule has 3 atom stereocenters. The smallest absolute Gasteiger partial charge is 0.410 e. The van der Waals surface area contributed by atoms with E-state index in [2.05, 4.69) is 12.2 Å². The van der Waals surface area contributed by atoms with Gasteiger partial charge in [0, 0.05) is 25.2 Å². The summed E-state index contributed by atoms with van der Waals surface area (Å²) in [6.07, 6.45) is 8.72. The zero-order valence-electron chi connectivity index (χ0n) is 14.9. The number of amides is 1. The van der Waals surface area contributed by atoms with Crippen molar-refractivity contribution in [1.29, 1.82) is 0 Å². The zero-order valence-corrected chi connectivity index (χ0v) is 14.9. The Hall–Kier alpha value is -0.770. The molecule has 0 spiro atoms. The monoisotopic (exact) mass is 310 g/mol. The number of hydrogen-bond donors (Lipinski definition) is 1. The van der Waals surface area contributed by atoms with E-state index in [1.165, 1.54) is 32.1 Å². The fraction of sp³-hybridized carbons (Fsp3) is 0.944. The molecule has 1 saturated carbocycles. The molecule has 22 heavy (non-hydrogen) atoms. The largest absolute Gasteiger partial charge is 0.444 e. The molecule has 0 radical (unpaired) electrons. The van der Waals surface area contributed by atoms with Gasteiger partial charge in [-0.15, -0.1) is 0 Å². The van der Waals surface area contributed by atoms with Gasteiger partial charge in [0.25, 0.3) is 0 Å². The fourth-order valence-corrected chi connectivity index (χ4v) is 3.69. The molecule has 0 aromatic rings. The van der Waals surface area contributed by atoms with E-state index in [-0.39, 0.29) is 6.09 Å². The lowest BCUT2D eigenvalue weighted by molar-refractivity contribution is 0.0223. The van der Waals surface area contributed by atoms with Crippen molar-refractivity contribution in [2.45, 2.75) is 90.3 Å². The van der Waals surface area contributed by atoms with Crippen molar-refractivity contribution in [3.05, 3.63) is 0 Å². The average Bonchev–Trinajstić information content (AvgIpc) is 2.79. The summed E-state index contributed by atoms with van der Waals surface area (Å²) in [4.78, 5) is 14.2. The highest BCUT2D eigenvalue weighted by molar-refractivity contribution is 5.69. The summed E-state index contributed by atoms with van der Waals surface area (Å²) in [5.41, 5.74) is -0.409. The van der Waals surface area contributed by atoms with Crippen molar-refractivity contribution < 1.29 is 9.53 Å². The molecule has 1 heterocycles. The van der Waals surface area contributed by atoms with E-state index in [1.54, 1.807) is 0 Å². The first-order valence-corrected chi connectivity index (χ1v) is 9.10. The average molecular weight is 310 g/mol. The number of nitrogens with one attached hydrogen (secondary N) is 1. The van der Waals surface area contributed by atoms with Gasteiger partial charge in [-0.2, -0.15) is 0 Å². The molecular weight excluding hydrogens is 276 g/mol. The van der Waals surface area contributed by atoms with Crippen molar-refractivity contribution in [1.82, 2.24) is 10.2 Å². The summed E-state index contributed by atoms with van der Waals surface area (Å²) in [5, 5.41) is 3.75. The van der Waals surface area contributed by atoms with Gasteiger partial charge in [-0.3, -0.25) is 0 Å². The Morgan fingerprint density at radius 2 is 1.86 bits per heavy atom. The minimum Gasteiger partial charge on any atom is -0.444 e. The van der Waals surface area contributed by atoms with E-state index < -0.39 is 5.60 Å². The lowest BCUT2D eigenvalue weighted by atomic mass is 9.96. The van der Waals surface area contributed by atoms with Crippen molar-refractivity contribution in [2.24, 2.45) is 5.92 Å². The number of carbonyl (C=O) groups excluding carboxylic acids is 1. The Labute approximate surface area is 136 Å². The third-order valence-electron chi connectivity index (χ3n) is 4.98. The predicted molar refractivity (Wildman–Crippen MR) is 90.0 cm³/mol. The molecule has 0 aromatic heterocycles. The second kappa shape index (κ2) is 7.67. The van der Waals surface area contributed by atoms with Crippen molar-refractivity contribution in [3.8, 4) is 0 Å². The second-order valence-electron chi connectivity index (χ2n) is 8.10. The van der Waals surface area contributed by atoms with Gasteiger partial charge >= 0.3 is 6.09 Å². The normalized spacial score (nSPS) is 30.2. The van der Waals surface area contributed by atoms with E-state index >= 15 is 0 Å². The van der Waals surface area contributed by atoms with Gasteiger partial charge in [-0.25, -0.2) is 4.79 Å². The van der Waals surface area contributed by atoms with Crippen LogP contribution in [0, 0.1) is 5.92 Å². The quantitative estimate of drug-likeness (QED) is 0.803. The van der Waals surface area contributed by atoms with E-state index in [1.807, 2.05) is 25.7 Å². The minimum atomic E-state index is -0.409. The van der Waals surface area contributed by atoms with Crippen LogP contribution in [0.15, 0.2) is 0 Å². The van der Waals surface area contributed by atoms with Gasteiger partial charge in [0.2, 0.25) is 0 Å². The number of carbonyl (C=O) groups is 1. The number of rotatable bonds is 3. The third kappa shape index (κ3) is 5.15. The molecule has 2 aliphatic rings. The van der Waals surface area contributed by atoms with Crippen LogP contribution in [0.2, 0.25) is 0 Å². The van der Waals surface area contributed by atoms with Gasteiger partial charge < -0.3 is 15.0 Å². The van der Waals surface area contributed by atoms with Crippen LogP contribution in [-0.2, 0) is 4.74 Å². The first-order chi connectivity index (χ1) is 10.4. The van der Waals surface area contributed by atoms with Crippen molar-refractivity contribution in [3.63, 3.8) is 0 Å². The Bertz CT molecular complexity index is 365. The summed E-state index contributed by atoms with van der Waals surface area (Å²) in [6.45, 7) is 9.91. The molecule has 0 aromatic carbocycles. The highest BCUT2D eigenvalue weighted by Crippen LogP contribution is 2.24. The highest BCUT2D eigenvalue weighted by atomic mass is 16.6. The molecule has 4 nitrogen and oxygen atoms in total. The number of hydrogen-bond acceptors (Lipinski definition) is 3. The maximum Gasteiger partial charge on any atom is 0.410 e. The third-order valence-corrected chi connectivity index (χ3v) is 4.98. The molecule has 1 aliphatic heterocycles. The van der Waals surface area contributed by atoms with E-state index in [4.69, 9.17) is 4.74 Å². The van der Waals surface area contributed by atoms with Crippen LogP contribution >= 0.6 is 0 Å². The van der Waals surface area contributed by atoms with Crippen LogP contribution < -0.4 is 5.32 Å². The van der Waals surface area contributed by atoms with Gasteiger partial charge in [-0.1, -0.05) is 26.2 Å². The molecule has 1 amide bonds. The van der Waals surface area contributed by atoms with E-state index in [0.717, 1.165) is 31.8 Å². The van der Waals surface area contributed by atoms with Crippen molar-refractivity contribution in [2.75, 3.05) is 13.1 Å². The number of nitrogens with zero attached hydrogens (tertiary/aromatic N) is 1. The summed E-state index contributed by atoms with van der Waals surface area (Å²) in [5.74, 6) is 0.749. The van der Waals surface area contributed by atoms with Crippen LogP contribution in [0.5, 0.6) is 0 Å². The van der Waals surface area contributed by atoms with Crippen LogP contribution in [-0.4, -0.2) is 41.8 Å². The Morgan fingerprint density at radius 3 is 2.59 bits per heavy atom. The maximum atomic E-state index is 12.3. The molecule has 2 fully saturated rings. The lowest BCUT2D eigenvalue weighted by Gasteiger charge is -2.31. The first kappa shape index (κ1) is 17.6. The Morgan fingerprint density at radius 1 is 1.14 bits per heavy atom.